The van der Waals surface area contributed by atoms with Crippen LogP contribution in [-0.4, -0.2) is 24.9 Å². The maximum Gasteiger partial charge on any atom is 0.339 e. The molecule has 0 fully saturated rings. The number of benzene rings is 4. The number of hydrogen-bond donors (Lipinski definition) is 2. The number of esters is 1. The van der Waals surface area contributed by atoms with Gasteiger partial charge in [0.2, 0.25) is 5.91 Å². The van der Waals surface area contributed by atoms with Gasteiger partial charge in [0.25, 0.3) is 5.91 Å². The fraction of sp³-hybridized carbons (Fsp3) is 0.0690. The fourth-order valence-corrected chi connectivity index (χ4v) is 5.12. The Morgan fingerprint density at radius 1 is 0.789 bits per heavy atom. The lowest BCUT2D eigenvalue weighted by atomic mass is 10.1. The molecule has 1 atom stereocenters. The van der Waals surface area contributed by atoms with Crippen molar-refractivity contribution in [2.45, 2.75) is 10.1 Å². The van der Waals surface area contributed by atoms with Gasteiger partial charge in [0.15, 0.2) is 0 Å². The molecular weight excluding hydrogens is 543 g/mol. The highest BCUT2D eigenvalue weighted by Gasteiger charge is 2.24. The molecule has 0 saturated heterocycles. The molecular formula is C29H22Cl2N2O4S. The number of carbonyl (C=O) groups excluding carboxylic acids is 3. The highest BCUT2D eigenvalue weighted by Crippen LogP contribution is 2.37. The monoisotopic (exact) mass is 564 g/mol. The Hall–Kier alpha value is -3.78. The summed E-state index contributed by atoms with van der Waals surface area (Å²) < 4.78 is 4.84. The van der Waals surface area contributed by atoms with Crippen LogP contribution in [0.5, 0.6) is 0 Å². The van der Waals surface area contributed by atoms with Gasteiger partial charge < -0.3 is 15.4 Å². The van der Waals surface area contributed by atoms with Crippen molar-refractivity contribution >= 4 is 64.1 Å². The highest BCUT2D eigenvalue weighted by molar-refractivity contribution is 8.00. The second-order valence-electron chi connectivity index (χ2n) is 8.04. The first kappa shape index (κ1) is 27.3. The van der Waals surface area contributed by atoms with Gasteiger partial charge in [-0.3, -0.25) is 9.59 Å². The predicted octanol–water partition coefficient (Wildman–Crippen LogP) is 7.50. The molecule has 38 heavy (non-hydrogen) atoms. The lowest BCUT2D eigenvalue weighted by molar-refractivity contribution is -0.115. The third-order valence-corrected chi connectivity index (χ3v) is 7.29. The van der Waals surface area contributed by atoms with E-state index in [0.29, 0.717) is 22.0 Å². The smallest absolute Gasteiger partial charge is 0.339 e. The van der Waals surface area contributed by atoms with Crippen molar-refractivity contribution in [3.05, 3.63) is 124 Å². The van der Waals surface area contributed by atoms with E-state index in [9.17, 15) is 14.4 Å². The SMILES string of the molecule is COC(=O)c1ccccc1NC(=O)C(Sc1ccc(NC(=O)c2ccc(Cl)cc2Cl)cc1)c1ccccc1. The van der Waals surface area contributed by atoms with Crippen LogP contribution in [0.2, 0.25) is 10.0 Å². The summed E-state index contributed by atoms with van der Waals surface area (Å²) in [7, 11) is 1.29. The van der Waals surface area contributed by atoms with Crippen molar-refractivity contribution in [2.75, 3.05) is 17.7 Å². The standard InChI is InChI=1S/C29H22Cl2N2O4S/c1-37-29(36)23-9-5-6-10-25(23)33-28(35)26(18-7-3-2-4-8-18)38-21-14-12-20(13-15-21)32-27(34)22-16-11-19(30)17-24(22)31/h2-17,26H,1H3,(H,32,34)(H,33,35). The van der Waals surface area contributed by atoms with E-state index in [1.165, 1.54) is 24.9 Å². The summed E-state index contributed by atoms with van der Waals surface area (Å²) >= 11 is 13.4. The van der Waals surface area contributed by atoms with E-state index in [1.807, 2.05) is 42.5 Å². The van der Waals surface area contributed by atoms with Crippen LogP contribution >= 0.6 is 35.0 Å². The first-order chi connectivity index (χ1) is 18.4. The largest absolute Gasteiger partial charge is 0.465 e. The third kappa shape index (κ3) is 6.75. The molecule has 0 radical (unpaired) electrons. The van der Waals surface area contributed by atoms with E-state index in [0.717, 1.165) is 10.5 Å². The summed E-state index contributed by atoms with van der Waals surface area (Å²) in [5.41, 5.74) is 2.30. The van der Waals surface area contributed by atoms with Crippen LogP contribution in [0.1, 0.15) is 31.5 Å². The zero-order chi connectivity index (χ0) is 27.1. The number of thioether (sulfide) groups is 1. The molecule has 9 heteroatoms. The minimum absolute atomic E-state index is 0.257. The number of nitrogens with one attached hydrogen (secondary N) is 2. The van der Waals surface area contributed by atoms with Crippen molar-refractivity contribution in [3.8, 4) is 0 Å². The van der Waals surface area contributed by atoms with Crippen molar-refractivity contribution in [2.24, 2.45) is 0 Å². The molecule has 0 aliphatic carbocycles. The van der Waals surface area contributed by atoms with Gasteiger partial charge in [0.1, 0.15) is 5.25 Å². The molecule has 0 heterocycles. The molecule has 0 aromatic heterocycles. The topological polar surface area (TPSA) is 84.5 Å². The van der Waals surface area contributed by atoms with Crippen molar-refractivity contribution in [1.29, 1.82) is 0 Å². The molecule has 4 rings (SSSR count). The van der Waals surface area contributed by atoms with Crippen LogP contribution in [-0.2, 0) is 9.53 Å². The first-order valence-corrected chi connectivity index (χ1v) is 13.1. The number of methoxy groups -OCH3 is 1. The second-order valence-corrected chi connectivity index (χ2v) is 10.1. The molecule has 4 aromatic carbocycles. The van der Waals surface area contributed by atoms with E-state index in [1.54, 1.807) is 48.5 Å². The van der Waals surface area contributed by atoms with Crippen molar-refractivity contribution in [3.63, 3.8) is 0 Å². The van der Waals surface area contributed by atoms with Gasteiger partial charge in [0, 0.05) is 15.6 Å². The number of carbonyl (C=O) groups is 3. The number of para-hydroxylation sites is 1. The molecule has 0 aliphatic rings. The Kier molecular flexibility index (Phi) is 9.07. The average Bonchev–Trinajstić information content (AvgIpc) is 2.92. The Labute approximate surface area is 234 Å². The molecule has 6 nitrogen and oxygen atoms in total. The van der Waals surface area contributed by atoms with Gasteiger partial charge >= 0.3 is 5.97 Å². The van der Waals surface area contributed by atoms with E-state index in [2.05, 4.69) is 10.6 Å². The lowest BCUT2D eigenvalue weighted by Crippen LogP contribution is -2.20. The Bertz CT molecular complexity index is 1460. The van der Waals surface area contributed by atoms with E-state index in [-0.39, 0.29) is 22.4 Å². The average molecular weight is 565 g/mol. The summed E-state index contributed by atoms with van der Waals surface area (Å²) in [5, 5.41) is 5.76. The van der Waals surface area contributed by atoms with Gasteiger partial charge in [-0.1, -0.05) is 65.7 Å². The van der Waals surface area contributed by atoms with E-state index >= 15 is 0 Å². The summed E-state index contributed by atoms with van der Waals surface area (Å²) in [6.07, 6.45) is 0. The Morgan fingerprint density at radius 3 is 2.16 bits per heavy atom. The summed E-state index contributed by atoms with van der Waals surface area (Å²) in [4.78, 5) is 39.0. The number of rotatable bonds is 8. The minimum Gasteiger partial charge on any atom is -0.465 e. The minimum atomic E-state index is -0.616. The number of amides is 2. The number of hydrogen-bond acceptors (Lipinski definition) is 5. The maximum atomic E-state index is 13.4. The molecule has 2 N–H and O–H groups in total. The molecule has 192 valence electrons. The maximum absolute atomic E-state index is 13.4. The number of anilines is 2. The van der Waals surface area contributed by atoms with Gasteiger partial charge in [-0.2, -0.15) is 0 Å². The van der Waals surface area contributed by atoms with Gasteiger partial charge in [-0.15, -0.1) is 11.8 Å². The quantitative estimate of drug-likeness (QED) is 0.171. The number of halogens is 2. The van der Waals surface area contributed by atoms with Crippen LogP contribution in [0.15, 0.2) is 102 Å². The third-order valence-electron chi connectivity index (χ3n) is 5.47. The molecule has 4 aromatic rings. The summed E-state index contributed by atoms with van der Waals surface area (Å²) in [6.45, 7) is 0. The predicted molar refractivity (Wildman–Crippen MR) is 152 cm³/mol. The molecule has 0 aliphatic heterocycles. The summed E-state index contributed by atoms with van der Waals surface area (Å²) in [6, 6.07) is 27.8. The van der Waals surface area contributed by atoms with Gasteiger partial charge in [0.05, 0.1) is 28.9 Å². The lowest BCUT2D eigenvalue weighted by Gasteiger charge is -2.18. The molecule has 1 unspecified atom stereocenters. The molecule has 0 bridgehead atoms. The molecule has 0 spiro atoms. The Balaban J connectivity index is 1.52. The van der Waals surface area contributed by atoms with Gasteiger partial charge in [-0.25, -0.2) is 4.79 Å². The van der Waals surface area contributed by atoms with Crippen LogP contribution in [0.25, 0.3) is 0 Å². The van der Waals surface area contributed by atoms with Gasteiger partial charge in [-0.05, 0) is 60.2 Å². The van der Waals surface area contributed by atoms with Crippen LogP contribution in [0, 0.1) is 0 Å². The first-order valence-electron chi connectivity index (χ1n) is 11.4. The van der Waals surface area contributed by atoms with E-state index < -0.39 is 11.2 Å². The number of ether oxygens (including phenoxy) is 1. The van der Waals surface area contributed by atoms with Crippen LogP contribution in [0.4, 0.5) is 11.4 Å². The zero-order valence-electron chi connectivity index (χ0n) is 20.1. The summed E-state index contributed by atoms with van der Waals surface area (Å²) in [5.74, 6) is -1.20. The Morgan fingerprint density at radius 2 is 1.47 bits per heavy atom. The van der Waals surface area contributed by atoms with Crippen LogP contribution in [0.3, 0.4) is 0 Å². The van der Waals surface area contributed by atoms with E-state index in [4.69, 9.17) is 27.9 Å². The highest BCUT2D eigenvalue weighted by atomic mass is 35.5. The fourth-order valence-electron chi connectivity index (χ4n) is 3.60. The molecule has 0 saturated carbocycles. The molecule has 2 amide bonds. The van der Waals surface area contributed by atoms with Crippen molar-refractivity contribution < 1.29 is 19.1 Å². The van der Waals surface area contributed by atoms with Crippen molar-refractivity contribution in [1.82, 2.24) is 0 Å². The second kappa shape index (κ2) is 12.6. The normalized spacial score (nSPS) is 11.3. The van der Waals surface area contributed by atoms with Crippen LogP contribution < -0.4 is 10.6 Å². The zero-order valence-corrected chi connectivity index (χ0v) is 22.4.